The van der Waals surface area contributed by atoms with Crippen molar-refractivity contribution in [1.29, 1.82) is 0 Å². The maximum atomic E-state index is 10.4. The van der Waals surface area contributed by atoms with Crippen LogP contribution >= 0.6 is 0 Å². The van der Waals surface area contributed by atoms with Crippen LogP contribution in [0.15, 0.2) is 11.6 Å². The summed E-state index contributed by atoms with van der Waals surface area (Å²) in [7, 11) is 0. The van der Waals surface area contributed by atoms with Crippen LogP contribution < -0.4 is 5.48 Å². The summed E-state index contributed by atoms with van der Waals surface area (Å²) in [5.41, 5.74) is 2.76. The van der Waals surface area contributed by atoms with Crippen LogP contribution in [0.1, 0.15) is 26.7 Å². The molecule has 0 aliphatic heterocycles. The Balaban J connectivity index is 3.37. The van der Waals surface area contributed by atoms with Crippen LogP contribution in [0.5, 0.6) is 0 Å². The van der Waals surface area contributed by atoms with Crippen LogP contribution in [-0.4, -0.2) is 11.1 Å². The van der Waals surface area contributed by atoms with E-state index in [1.54, 1.807) is 5.48 Å². The molecular formula is C7H13NO2. The summed E-state index contributed by atoms with van der Waals surface area (Å²) in [6.45, 7) is 3.94. The fourth-order valence-electron chi connectivity index (χ4n) is 0.548. The first-order valence-electron chi connectivity index (χ1n) is 3.23. The van der Waals surface area contributed by atoms with Gasteiger partial charge in [0.1, 0.15) is 0 Å². The van der Waals surface area contributed by atoms with Gasteiger partial charge in [-0.15, -0.1) is 0 Å². The van der Waals surface area contributed by atoms with Crippen molar-refractivity contribution in [3.05, 3.63) is 11.6 Å². The first-order chi connectivity index (χ1) is 4.66. The average Bonchev–Trinajstić information content (AvgIpc) is 1.87. The van der Waals surface area contributed by atoms with Gasteiger partial charge in [-0.3, -0.25) is 10.0 Å². The van der Waals surface area contributed by atoms with E-state index in [1.165, 1.54) is 5.57 Å². The zero-order chi connectivity index (χ0) is 7.98. The number of hydrogen-bond acceptors (Lipinski definition) is 2. The quantitative estimate of drug-likeness (QED) is 0.355. The molecule has 0 saturated heterocycles. The van der Waals surface area contributed by atoms with Gasteiger partial charge in [0.15, 0.2) is 0 Å². The molecule has 0 saturated carbocycles. The molecule has 0 aliphatic carbocycles. The molecular weight excluding hydrogens is 130 g/mol. The highest BCUT2D eigenvalue weighted by Gasteiger charge is 1.94. The largest absolute Gasteiger partial charge is 0.289 e. The molecule has 0 heterocycles. The number of rotatable bonds is 3. The summed E-state index contributed by atoms with van der Waals surface area (Å²) in [6, 6.07) is 0. The fraction of sp³-hybridized carbons (Fsp3) is 0.571. The van der Waals surface area contributed by atoms with Gasteiger partial charge in [-0.2, -0.15) is 0 Å². The summed E-state index contributed by atoms with van der Waals surface area (Å²) < 4.78 is 0. The molecule has 10 heavy (non-hydrogen) atoms. The molecule has 0 spiro atoms. The third kappa shape index (κ3) is 5.31. The third-order valence-electron chi connectivity index (χ3n) is 1.05. The molecule has 58 valence electrons. The van der Waals surface area contributed by atoms with Crippen molar-refractivity contribution in [1.82, 2.24) is 5.48 Å². The van der Waals surface area contributed by atoms with Gasteiger partial charge >= 0.3 is 0 Å². The molecule has 0 aromatic carbocycles. The van der Waals surface area contributed by atoms with Gasteiger partial charge in [0.05, 0.1) is 0 Å². The van der Waals surface area contributed by atoms with Crippen molar-refractivity contribution < 1.29 is 10.0 Å². The standard InChI is InChI=1S/C7H13NO2/c1-6(2)4-3-5-7(9)8-10/h4,10H,3,5H2,1-2H3,(H,8,9). The van der Waals surface area contributed by atoms with Crippen LogP contribution in [0, 0.1) is 0 Å². The minimum Gasteiger partial charge on any atom is -0.289 e. The number of hydrogen-bond donors (Lipinski definition) is 2. The zero-order valence-electron chi connectivity index (χ0n) is 6.35. The molecule has 0 bridgehead atoms. The van der Waals surface area contributed by atoms with Crippen molar-refractivity contribution >= 4 is 5.91 Å². The molecule has 3 heteroatoms. The van der Waals surface area contributed by atoms with Crippen LogP contribution in [0.3, 0.4) is 0 Å². The van der Waals surface area contributed by atoms with E-state index in [2.05, 4.69) is 0 Å². The summed E-state index contributed by atoms with van der Waals surface area (Å²) >= 11 is 0. The molecule has 0 aromatic heterocycles. The highest BCUT2D eigenvalue weighted by Crippen LogP contribution is 1.95. The minimum absolute atomic E-state index is 0.336. The normalized spacial score (nSPS) is 8.70. The highest BCUT2D eigenvalue weighted by molar-refractivity contribution is 5.74. The van der Waals surface area contributed by atoms with Crippen LogP contribution in [-0.2, 0) is 4.79 Å². The van der Waals surface area contributed by atoms with Gasteiger partial charge < -0.3 is 0 Å². The maximum absolute atomic E-state index is 10.4. The van der Waals surface area contributed by atoms with Gasteiger partial charge in [0.2, 0.25) is 5.91 Å². The summed E-state index contributed by atoms with van der Waals surface area (Å²) in [6.07, 6.45) is 2.99. The van der Waals surface area contributed by atoms with Gasteiger partial charge in [-0.05, 0) is 20.3 Å². The van der Waals surface area contributed by atoms with E-state index in [0.717, 1.165) is 0 Å². The van der Waals surface area contributed by atoms with Gasteiger partial charge in [-0.25, -0.2) is 5.48 Å². The lowest BCUT2D eigenvalue weighted by atomic mass is 10.2. The molecule has 0 unspecified atom stereocenters. The van der Waals surface area contributed by atoms with Crippen molar-refractivity contribution in [3.63, 3.8) is 0 Å². The number of allylic oxidation sites excluding steroid dienone is 2. The minimum atomic E-state index is -0.336. The number of hydroxylamine groups is 1. The van der Waals surface area contributed by atoms with E-state index in [9.17, 15) is 4.79 Å². The number of carbonyl (C=O) groups excluding carboxylic acids is 1. The van der Waals surface area contributed by atoms with Crippen molar-refractivity contribution in [2.24, 2.45) is 0 Å². The Hall–Kier alpha value is -0.830. The average molecular weight is 143 g/mol. The van der Waals surface area contributed by atoms with Gasteiger partial charge in [0.25, 0.3) is 0 Å². The Kier molecular flexibility index (Phi) is 4.58. The van der Waals surface area contributed by atoms with E-state index < -0.39 is 0 Å². The molecule has 0 fully saturated rings. The Morgan fingerprint density at radius 2 is 2.20 bits per heavy atom. The van der Waals surface area contributed by atoms with E-state index >= 15 is 0 Å². The Morgan fingerprint density at radius 3 is 2.60 bits per heavy atom. The van der Waals surface area contributed by atoms with E-state index in [4.69, 9.17) is 5.21 Å². The van der Waals surface area contributed by atoms with Gasteiger partial charge in [0, 0.05) is 6.42 Å². The second kappa shape index (κ2) is 4.99. The van der Waals surface area contributed by atoms with Crippen molar-refractivity contribution in [2.75, 3.05) is 0 Å². The molecule has 1 amide bonds. The van der Waals surface area contributed by atoms with Crippen LogP contribution in [0.4, 0.5) is 0 Å². The number of nitrogens with one attached hydrogen (secondary N) is 1. The van der Waals surface area contributed by atoms with Crippen molar-refractivity contribution in [3.8, 4) is 0 Å². The zero-order valence-corrected chi connectivity index (χ0v) is 6.35. The van der Waals surface area contributed by atoms with Crippen LogP contribution in [0.25, 0.3) is 0 Å². The summed E-state index contributed by atoms with van der Waals surface area (Å²) in [4.78, 5) is 10.4. The summed E-state index contributed by atoms with van der Waals surface area (Å²) in [5, 5.41) is 8.08. The Labute approximate surface area is 60.7 Å². The molecule has 2 N–H and O–H groups in total. The first-order valence-corrected chi connectivity index (χ1v) is 3.23. The van der Waals surface area contributed by atoms with E-state index in [1.807, 2.05) is 19.9 Å². The second-order valence-electron chi connectivity index (χ2n) is 2.36. The van der Waals surface area contributed by atoms with Crippen molar-refractivity contribution in [2.45, 2.75) is 26.7 Å². The van der Waals surface area contributed by atoms with Crippen LogP contribution in [0.2, 0.25) is 0 Å². The Bertz CT molecular complexity index is 137. The molecule has 0 atom stereocenters. The fourth-order valence-corrected chi connectivity index (χ4v) is 0.548. The summed E-state index contributed by atoms with van der Waals surface area (Å²) in [5.74, 6) is -0.336. The predicted octanol–water partition coefficient (Wildman–Crippen LogP) is 1.24. The Morgan fingerprint density at radius 1 is 1.60 bits per heavy atom. The predicted molar refractivity (Wildman–Crippen MR) is 38.6 cm³/mol. The highest BCUT2D eigenvalue weighted by atomic mass is 16.5. The molecule has 0 radical (unpaired) electrons. The first kappa shape index (κ1) is 9.17. The lowest BCUT2D eigenvalue weighted by molar-refractivity contribution is -0.129. The number of amides is 1. The SMILES string of the molecule is CC(C)=CCCC(=O)NO. The topological polar surface area (TPSA) is 49.3 Å². The maximum Gasteiger partial charge on any atom is 0.243 e. The molecule has 0 aliphatic rings. The van der Waals surface area contributed by atoms with E-state index in [-0.39, 0.29) is 5.91 Å². The molecule has 0 aromatic rings. The third-order valence-corrected chi connectivity index (χ3v) is 1.05. The van der Waals surface area contributed by atoms with E-state index in [0.29, 0.717) is 12.8 Å². The van der Waals surface area contributed by atoms with Gasteiger partial charge in [-0.1, -0.05) is 11.6 Å². The second-order valence-corrected chi connectivity index (χ2v) is 2.36. The molecule has 3 nitrogen and oxygen atoms in total. The lowest BCUT2D eigenvalue weighted by Crippen LogP contribution is -2.17. The molecule has 0 rings (SSSR count). The monoisotopic (exact) mass is 143 g/mol. The lowest BCUT2D eigenvalue weighted by Gasteiger charge is -1.93. The smallest absolute Gasteiger partial charge is 0.243 e. The number of carbonyl (C=O) groups is 1.